The molecule has 0 bridgehead atoms. The molecule has 0 aliphatic rings. The number of hydrogen-bond acceptors (Lipinski definition) is 4. The zero-order valence-corrected chi connectivity index (χ0v) is 13.0. The molecule has 1 unspecified atom stereocenters. The Labute approximate surface area is 128 Å². The Balaban J connectivity index is 1.86. The van der Waals surface area contributed by atoms with Crippen molar-refractivity contribution in [1.29, 1.82) is 0 Å². The number of para-hydroxylation sites is 2. The summed E-state index contributed by atoms with van der Waals surface area (Å²) in [6.07, 6.45) is 0. The molecule has 1 N–H and O–H groups in total. The molecule has 1 atom stereocenters. The fraction of sp³-hybridized carbons (Fsp3) is 0.312. The molecule has 0 spiro atoms. The summed E-state index contributed by atoms with van der Waals surface area (Å²) in [6.45, 7) is 4.39. The molecule has 1 aromatic heterocycles. The van der Waals surface area contributed by atoms with Crippen molar-refractivity contribution >= 4 is 17.2 Å². The van der Waals surface area contributed by atoms with Crippen LogP contribution in [0.1, 0.15) is 24.8 Å². The summed E-state index contributed by atoms with van der Waals surface area (Å²) in [5.41, 5.74) is 0. The van der Waals surface area contributed by atoms with Crippen molar-refractivity contribution < 1.29 is 14.3 Å². The lowest BCUT2D eigenvalue weighted by atomic mass is 10.3. The lowest BCUT2D eigenvalue weighted by molar-refractivity contribution is -0.123. The topological polar surface area (TPSA) is 47.6 Å². The minimum Gasteiger partial charge on any atom is -0.490 e. The van der Waals surface area contributed by atoms with Crippen LogP contribution in [0.3, 0.4) is 0 Å². The Kier molecular flexibility index (Phi) is 5.63. The van der Waals surface area contributed by atoms with Crippen molar-refractivity contribution in [2.24, 2.45) is 0 Å². The van der Waals surface area contributed by atoms with Crippen LogP contribution in [-0.2, 0) is 4.79 Å². The first-order valence-electron chi connectivity index (χ1n) is 6.88. The van der Waals surface area contributed by atoms with Crippen LogP contribution in [0, 0.1) is 0 Å². The molecule has 4 nitrogen and oxygen atoms in total. The van der Waals surface area contributed by atoms with Crippen LogP contribution in [-0.4, -0.2) is 19.1 Å². The molecule has 0 fully saturated rings. The minimum absolute atomic E-state index is 0.0109. The van der Waals surface area contributed by atoms with E-state index in [0.717, 1.165) is 4.88 Å². The summed E-state index contributed by atoms with van der Waals surface area (Å²) in [6, 6.07) is 11.3. The average Bonchev–Trinajstić information content (AvgIpc) is 3.01. The number of rotatable bonds is 7. The smallest absolute Gasteiger partial charge is 0.258 e. The standard InChI is InChI=1S/C16H19NO3S/c1-3-19-13-7-4-5-8-14(13)20-11-16(18)17-12(2)15-9-6-10-21-15/h4-10,12H,3,11H2,1-2H3,(H,17,18). The van der Waals surface area contributed by atoms with Crippen molar-refractivity contribution in [2.45, 2.75) is 19.9 Å². The van der Waals surface area contributed by atoms with E-state index in [-0.39, 0.29) is 18.6 Å². The molecular formula is C16H19NO3S. The van der Waals surface area contributed by atoms with E-state index in [1.165, 1.54) is 0 Å². The van der Waals surface area contributed by atoms with Gasteiger partial charge in [-0.1, -0.05) is 18.2 Å². The van der Waals surface area contributed by atoms with E-state index in [1.54, 1.807) is 17.4 Å². The largest absolute Gasteiger partial charge is 0.490 e. The highest BCUT2D eigenvalue weighted by atomic mass is 32.1. The number of carbonyl (C=O) groups is 1. The molecule has 2 aromatic rings. The Morgan fingerprint density at radius 2 is 1.90 bits per heavy atom. The van der Waals surface area contributed by atoms with Gasteiger partial charge in [-0.2, -0.15) is 0 Å². The first-order chi connectivity index (χ1) is 10.2. The molecule has 0 aliphatic carbocycles. The van der Waals surface area contributed by atoms with Gasteiger partial charge in [0, 0.05) is 4.88 Å². The van der Waals surface area contributed by atoms with Gasteiger partial charge in [0.05, 0.1) is 12.6 Å². The summed E-state index contributed by atoms with van der Waals surface area (Å²) >= 11 is 1.62. The predicted molar refractivity (Wildman–Crippen MR) is 84.0 cm³/mol. The molecule has 5 heteroatoms. The van der Waals surface area contributed by atoms with Gasteiger partial charge in [0.1, 0.15) is 0 Å². The van der Waals surface area contributed by atoms with E-state index >= 15 is 0 Å². The molecule has 0 radical (unpaired) electrons. The molecule has 21 heavy (non-hydrogen) atoms. The van der Waals surface area contributed by atoms with Gasteiger partial charge in [-0.15, -0.1) is 11.3 Å². The third kappa shape index (κ3) is 4.49. The average molecular weight is 305 g/mol. The number of thiophene rings is 1. The number of ether oxygens (including phenoxy) is 2. The summed E-state index contributed by atoms with van der Waals surface area (Å²) in [7, 11) is 0. The van der Waals surface area contributed by atoms with E-state index in [1.807, 2.05) is 49.6 Å². The first kappa shape index (κ1) is 15.4. The maximum atomic E-state index is 11.9. The van der Waals surface area contributed by atoms with Gasteiger partial charge in [-0.25, -0.2) is 0 Å². The monoisotopic (exact) mass is 305 g/mol. The fourth-order valence-electron chi connectivity index (χ4n) is 1.88. The lowest BCUT2D eigenvalue weighted by Gasteiger charge is -2.14. The van der Waals surface area contributed by atoms with Crippen molar-refractivity contribution in [3.8, 4) is 11.5 Å². The van der Waals surface area contributed by atoms with E-state index in [9.17, 15) is 4.79 Å². The molecule has 1 heterocycles. The van der Waals surface area contributed by atoms with Crippen LogP contribution in [0.15, 0.2) is 41.8 Å². The molecule has 0 saturated carbocycles. The van der Waals surface area contributed by atoms with Crippen LogP contribution in [0.2, 0.25) is 0 Å². The van der Waals surface area contributed by atoms with Crippen molar-refractivity contribution in [1.82, 2.24) is 5.32 Å². The molecule has 0 saturated heterocycles. The van der Waals surface area contributed by atoms with Crippen molar-refractivity contribution in [3.63, 3.8) is 0 Å². The molecule has 112 valence electrons. The van der Waals surface area contributed by atoms with E-state index in [2.05, 4.69) is 5.32 Å². The lowest BCUT2D eigenvalue weighted by Crippen LogP contribution is -2.30. The highest BCUT2D eigenvalue weighted by Crippen LogP contribution is 2.26. The number of hydrogen-bond donors (Lipinski definition) is 1. The second-order valence-corrected chi connectivity index (χ2v) is 5.45. The minimum atomic E-state index is -0.151. The zero-order chi connectivity index (χ0) is 15.1. The Bertz CT molecular complexity index is 569. The van der Waals surface area contributed by atoms with Crippen LogP contribution < -0.4 is 14.8 Å². The van der Waals surface area contributed by atoms with Gasteiger partial charge in [0.25, 0.3) is 5.91 Å². The van der Waals surface area contributed by atoms with E-state index in [0.29, 0.717) is 18.1 Å². The Hall–Kier alpha value is -2.01. The third-order valence-corrected chi connectivity index (χ3v) is 3.91. The van der Waals surface area contributed by atoms with Crippen LogP contribution in [0.25, 0.3) is 0 Å². The van der Waals surface area contributed by atoms with Crippen molar-refractivity contribution in [2.75, 3.05) is 13.2 Å². The second-order valence-electron chi connectivity index (χ2n) is 4.47. The molecule has 2 rings (SSSR count). The highest BCUT2D eigenvalue weighted by molar-refractivity contribution is 7.10. The quantitative estimate of drug-likeness (QED) is 0.853. The van der Waals surface area contributed by atoms with Crippen LogP contribution in [0.5, 0.6) is 11.5 Å². The van der Waals surface area contributed by atoms with Gasteiger partial charge >= 0.3 is 0 Å². The molecule has 1 aromatic carbocycles. The molecule has 1 amide bonds. The zero-order valence-electron chi connectivity index (χ0n) is 12.2. The molecule has 0 aliphatic heterocycles. The second kappa shape index (κ2) is 7.69. The van der Waals surface area contributed by atoms with Gasteiger partial charge in [0.2, 0.25) is 0 Å². The van der Waals surface area contributed by atoms with Crippen LogP contribution in [0.4, 0.5) is 0 Å². The molecular weight excluding hydrogens is 286 g/mol. The van der Waals surface area contributed by atoms with Gasteiger partial charge < -0.3 is 14.8 Å². The van der Waals surface area contributed by atoms with Gasteiger partial charge in [-0.3, -0.25) is 4.79 Å². The van der Waals surface area contributed by atoms with E-state index < -0.39 is 0 Å². The maximum Gasteiger partial charge on any atom is 0.258 e. The van der Waals surface area contributed by atoms with Gasteiger partial charge in [-0.05, 0) is 37.4 Å². The summed E-state index contributed by atoms with van der Waals surface area (Å²) in [5, 5.41) is 4.90. The maximum absolute atomic E-state index is 11.9. The Morgan fingerprint density at radius 1 is 1.19 bits per heavy atom. The van der Waals surface area contributed by atoms with Gasteiger partial charge in [0.15, 0.2) is 18.1 Å². The fourth-order valence-corrected chi connectivity index (χ4v) is 2.61. The highest BCUT2D eigenvalue weighted by Gasteiger charge is 2.12. The summed E-state index contributed by atoms with van der Waals surface area (Å²) in [5.74, 6) is 1.08. The van der Waals surface area contributed by atoms with Crippen molar-refractivity contribution in [3.05, 3.63) is 46.7 Å². The SMILES string of the molecule is CCOc1ccccc1OCC(=O)NC(C)c1cccs1. The summed E-state index contributed by atoms with van der Waals surface area (Å²) in [4.78, 5) is 13.0. The third-order valence-electron chi connectivity index (χ3n) is 2.86. The number of amides is 1. The predicted octanol–water partition coefficient (Wildman–Crippen LogP) is 3.40. The number of carbonyl (C=O) groups excluding carboxylic acids is 1. The van der Waals surface area contributed by atoms with E-state index in [4.69, 9.17) is 9.47 Å². The number of benzene rings is 1. The van der Waals surface area contributed by atoms with Crippen LogP contribution >= 0.6 is 11.3 Å². The Morgan fingerprint density at radius 3 is 2.52 bits per heavy atom. The first-order valence-corrected chi connectivity index (χ1v) is 7.76. The summed E-state index contributed by atoms with van der Waals surface area (Å²) < 4.78 is 11.0. The number of nitrogens with one attached hydrogen (secondary N) is 1. The normalized spacial score (nSPS) is 11.7.